The number of urea groups is 2. The molecule has 0 saturated carbocycles. The minimum absolute atomic E-state index is 0.0452. The van der Waals surface area contributed by atoms with Gasteiger partial charge in [0.05, 0.1) is 12.7 Å². The molecule has 0 aliphatic rings. The Kier molecular flexibility index (Phi) is 9.02. The van der Waals surface area contributed by atoms with Crippen LogP contribution in [-0.4, -0.2) is 32.3 Å². The molecular formula is C25H24ClF3N4O3. The van der Waals surface area contributed by atoms with Crippen LogP contribution < -0.4 is 25.6 Å². The van der Waals surface area contributed by atoms with Crippen molar-refractivity contribution < 1.29 is 27.5 Å². The number of amides is 4. The van der Waals surface area contributed by atoms with Crippen molar-refractivity contribution in [1.29, 1.82) is 0 Å². The summed E-state index contributed by atoms with van der Waals surface area (Å²) in [4.78, 5) is 26.3. The van der Waals surface area contributed by atoms with Crippen LogP contribution in [0.2, 0.25) is 5.02 Å². The molecule has 3 N–H and O–H groups in total. The Morgan fingerprint density at radius 1 is 0.944 bits per heavy atom. The number of ether oxygens (including phenoxy) is 1. The van der Waals surface area contributed by atoms with Crippen LogP contribution in [0.5, 0.6) is 5.75 Å². The van der Waals surface area contributed by atoms with Gasteiger partial charge in [-0.1, -0.05) is 17.7 Å². The molecule has 0 radical (unpaired) electrons. The van der Waals surface area contributed by atoms with Crippen LogP contribution in [0.4, 0.5) is 39.8 Å². The summed E-state index contributed by atoms with van der Waals surface area (Å²) in [6.07, 6.45) is -4.28. The minimum Gasteiger partial charge on any atom is -0.497 e. The predicted octanol–water partition coefficient (Wildman–Crippen LogP) is 6.62. The molecule has 0 unspecified atom stereocenters. The lowest BCUT2D eigenvalue weighted by Gasteiger charge is -2.24. The quantitative estimate of drug-likeness (QED) is 0.292. The lowest BCUT2D eigenvalue weighted by molar-refractivity contribution is -0.137. The van der Waals surface area contributed by atoms with E-state index in [0.29, 0.717) is 22.1 Å². The number of anilines is 3. The lowest BCUT2D eigenvalue weighted by atomic mass is 10.1. The van der Waals surface area contributed by atoms with Gasteiger partial charge in [0.1, 0.15) is 5.75 Å². The van der Waals surface area contributed by atoms with E-state index in [1.54, 1.807) is 48.5 Å². The van der Waals surface area contributed by atoms with Crippen LogP contribution in [0.15, 0.2) is 72.8 Å². The molecule has 0 bridgehead atoms. The fourth-order valence-electron chi connectivity index (χ4n) is 3.21. The minimum atomic E-state index is -4.56. The summed E-state index contributed by atoms with van der Waals surface area (Å²) < 4.78 is 44.8. The second kappa shape index (κ2) is 12.2. The van der Waals surface area contributed by atoms with Crippen molar-refractivity contribution in [3.8, 4) is 5.75 Å². The molecule has 0 atom stereocenters. The molecular weight excluding hydrogens is 497 g/mol. The zero-order valence-electron chi connectivity index (χ0n) is 19.2. The van der Waals surface area contributed by atoms with Crippen LogP contribution >= 0.6 is 11.6 Å². The number of alkyl halides is 3. The van der Waals surface area contributed by atoms with Crippen molar-refractivity contribution in [3.63, 3.8) is 0 Å². The fourth-order valence-corrected chi connectivity index (χ4v) is 3.34. The van der Waals surface area contributed by atoms with Crippen molar-refractivity contribution in [3.05, 3.63) is 83.4 Å². The van der Waals surface area contributed by atoms with Crippen LogP contribution in [0.25, 0.3) is 0 Å². The molecule has 3 aromatic carbocycles. The number of methoxy groups -OCH3 is 1. The standard InChI is InChI=1S/C25H24ClF3N4O3/c1-36-22-12-10-19(11-13-22)31-23(34)30-14-3-15-33(21-5-2-4-17(16-21)25(27,28)29)24(35)32-20-8-6-18(26)7-9-20/h2,4-13,16H,3,14-15H2,1H3,(H,32,35)(H2,30,31,34). The van der Waals surface area contributed by atoms with E-state index in [9.17, 15) is 22.8 Å². The van der Waals surface area contributed by atoms with E-state index in [-0.39, 0.29) is 25.2 Å². The molecule has 0 aromatic heterocycles. The van der Waals surface area contributed by atoms with E-state index in [1.165, 1.54) is 24.1 Å². The Balaban J connectivity index is 1.64. The molecule has 11 heteroatoms. The number of carbonyl (C=O) groups excluding carboxylic acids is 2. The average Bonchev–Trinajstić information content (AvgIpc) is 2.85. The van der Waals surface area contributed by atoms with Gasteiger partial charge in [0, 0.05) is 35.2 Å². The number of nitrogens with zero attached hydrogens (tertiary/aromatic N) is 1. The van der Waals surface area contributed by atoms with Crippen LogP contribution in [0, 0.1) is 0 Å². The van der Waals surface area contributed by atoms with E-state index in [1.807, 2.05) is 0 Å². The summed E-state index contributed by atoms with van der Waals surface area (Å²) in [7, 11) is 1.54. The molecule has 0 aliphatic carbocycles. The third-order valence-corrected chi connectivity index (χ3v) is 5.27. The first kappa shape index (κ1) is 26.7. The van der Waals surface area contributed by atoms with Crippen LogP contribution in [0.1, 0.15) is 12.0 Å². The normalized spacial score (nSPS) is 10.9. The summed E-state index contributed by atoms with van der Waals surface area (Å²) in [5, 5.41) is 8.45. The second-order valence-corrected chi connectivity index (χ2v) is 8.04. The van der Waals surface area contributed by atoms with Gasteiger partial charge in [-0.2, -0.15) is 13.2 Å². The van der Waals surface area contributed by atoms with Crippen molar-refractivity contribution in [2.75, 3.05) is 35.7 Å². The smallest absolute Gasteiger partial charge is 0.416 e. The zero-order valence-corrected chi connectivity index (χ0v) is 20.0. The Labute approximate surface area is 211 Å². The summed E-state index contributed by atoms with van der Waals surface area (Å²) in [6.45, 7) is 0.217. The topological polar surface area (TPSA) is 82.7 Å². The number of rotatable bonds is 8. The highest BCUT2D eigenvalue weighted by atomic mass is 35.5. The van der Waals surface area contributed by atoms with Crippen LogP contribution in [0.3, 0.4) is 0 Å². The van der Waals surface area contributed by atoms with Gasteiger partial charge < -0.3 is 20.7 Å². The van der Waals surface area contributed by atoms with Gasteiger partial charge in [0.15, 0.2) is 0 Å². The Morgan fingerprint density at radius 2 is 1.58 bits per heavy atom. The molecule has 0 aliphatic heterocycles. The molecule has 4 amide bonds. The molecule has 7 nitrogen and oxygen atoms in total. The molecule has 3 aromatic rings. The van der Waals surface area contributed by atoms with Crippen molar-refractivity contribution in [1.82, 2.24) is 5.32 Å². The number of hydrogen-bond acceptors (Lipinski definition) is 3. The number of carbonyl (C=O) groups is 2. The Hall–Kier alpha value is -3.92. The summed E-state index contributed by atoms with van der Waals surface area (Å²) in [5.74, 6) is 0.646. The number of benzene rings is 3. The van der Waals surface area contributed by atoms with Gasteiger partial charge in [0.25, 0.3) is 0 Å². The fraction of sp³-hybridized carbons (Fsp3) is 0.200. The first-order valence-corrected chi connectivity index (χ1v) is 11.2. The first-order chi connectivity index (χ1) is 17.2. The van der Waals surface area contributed by atoms with E-state index in [4.69, 9.17) is 16.3 Å². The van der Waals surface area contributed by atoms with Gasteiger partial charge in [-0.3, -0.25) is 4.90 Å². The Morgan fingerprint density at radius 3 is 2.22 bits per heavy atom. The third-order valence-electron chi connectivity index (χ3n) is 5.02. The summed E-state index contributed by atoms with van der Waals surface area (Å²) >= 11 is 5.87. The van der Waals surface area contributed by atoms with Gasteiger partial charge in [-0.05, 0) is 73.2 Å². The largest absolute Gasteiger partial charge is 0.497 e. The van der Waals surface area contributed by atoms with Crippen LogP contribution in [-0.2, 0) is 6.18 Å². The van der Waals surface area contributed by atoms with Gasteiger partial charge in [-0.25, -0.2) is 9.59 Å². The van der Waals surface area contributed by atoms with E-state index < -0.39 is 23.8 Å². The number of nitrogens with one attached hydrogen (secondary N) is 3. The molecule has 3 rings (SSSR count). The van der Waals surface area contributed by atoms with Crippen molar-refractivity contribution >= 4 is 40.7 Å². The first-order valence-electron chi connectivity index (χ1n) is 10.9. The highest BCUT2D eigenvalue weighted by Crippen LogP contribution is 2.32. The molecule has 190 valence electrons. The average molecular weight is 521 g/mol. The molecule has 36 heavy (non-hydrogen) atoms. The number of halogens is 4. The maximum atomic E-state index is 13.2. The molecule has 0 heterocycles. The zero-order chi connectivity index (χ0) is 26.1. The Bertz CT molecular complexity index is 1170. The summed E-state index contributed by atoms with van der Waals surface area (Å²) in [6, 6.07) is 16.5. The van der Waals surface area contributed by atoms with E-state index >= 15 is 0 Å². The van der Waals surface area contributed by atoms with Gasteiger partial charge >= 0.3 is 18.2 Å². The van der Waals surface area contributed by atoms with E-state index in [0.717, 1.165) is 12.1 Å². The maximum Gasteiger partial charge on any atom is 0.416 e. The maximum absolute atomic E-state index is 13.2. The molecule has 0 fully saturated rings. The monoisotopic (exact) mass is 520 g/mol. The molecule has 0 saturated heterocycles. The summed E-state index contributed by atoms with van der Waals surface area (Å²) in [5.41, 5.74) is 0.180. The third kappa shape index (κ3) is 7.81. The highest BCUT2D eigenvalue weighted by molar-refractivity contribution is 6.30. The number of hydrogen-bond donors (Lipinski definition) is 3. The van der Waals surface area contributed by atoms with Crippen molar-refractivity contribution in [2.24, 2.45) is 0 Å². The second-order valence-electron chi connectivity index (χ2n) is 7.60. The predicted molar refractivity (Wildman–Crippen MR) is 134 cm³/mol. The molecule has 0 spiro atoms. The van der Waals surface area contributed by atoms with E-state index in [2.05, 4.69) is 16.0 Å². The van der Waals surface area contributed by atoms with Gasteiger partial charge in [-0.15, -0.1) is 0 Å². The SMILES string of the molecule is COc1ccc(NC(=O)NCCCN(C(=O)Nc2ccc(Cl)cc2)c2cccc(C(F)(F)F)c2)cc1. The van der Waals surface area contributed by atoms with Crippen molar-refractivity contribution in [2.45, 2.75) is 12.6 Å². The lowest BCUT2D eigenvalue weighted by Crippen LogP contribution is -2.38. The highest BCUT2D eigenvalue weighted by Gasteiger charge is 2.31. The van der Waals surface area contributed by atoms with Gasteiger partial charge in [0.2, 0.25) is 0 Å².